The maximum absolute atomic E-state index is 11.1. The number of benzene rings is 1. The average molecular weight is 282 g/mol. The number of nitro benzene ring substituents is 1. The van der Waals surface area contributed by atoms with Crippen molar-refractivity contribution in [3.8, 4) is 5.75 Å². The molecule has 0 fully saturated rings. The Hall–Kier alpha value is -2.31. The summed E-state index contributed by atoms with van der Waals surface area (Å²) in [6, 6.07) is 4.73. The molecular formula is C13H18N2O5. The topological polar surface area (TPSA) is 102 Å². The molecule has 0 radical (unpaired) electrons. The smallest absolute Gasteiger partial charge is 0.333 e. The largest absolute Gasteiger partial charge is 0.490 e. The molecular weight excluding hydrogens is 264 g/mol. The lowest BCUT2D eigenvalue weighted by atomic mass is 10.0. The minimum Gasteiger partial charge on any atom is -0.490 e. The van der Waals surface area contributed by atoms with Gasteiger partial charge in [0.1, 0.15) is 5.69 Å². The van der Waals surface area contributed by atoms with E-state index in [1.807, 2.05) is 6.92 Å². The number of nitrogens with one attached hydrogen (secondary N) is 1. The van der Waals surface area contributed by atoms with Gasteiger partial charge in [0.25, 0.3) is 0 Å². The molecule has 0 spiro atoms. The number of anilines is 1. The third kappa shape index (κ3) is 4.11. The highest BCUT2D eigenvalue weighted by Crippen LogP contribution is 2.34. The minimum atomic E-state index is -0.876. The van der Waals surface area contributed by atoms with Crippen LogP contribution in [0.5, 0.6) is 5.75 Å². The molecule has 0 aliphatic heterocycles. The van der Waals surface area contributed by atoms with Crippen LogP contribution in [0.2, 0.25) is 0 Å². The van der Waals surface area contributed by atoms with Crippen molar-refractivity contribution in [2.45, 2.75) is 19.8 Å². The fourth-order valence-corrected chi connectivity index (χ4v) is 1.88. The van der Waals surface area contributed by atoms with E-state index in [1.54, 1.807) is 12.1 Å². The van der Waals surface area contributed by atoms with E-state index in [0.717, 1.165) is 0 Å². The van der Waals surface area contributed by atoms with Crippen LogP contribution >= 0.6 is 0 Å². The van der Waals surface area contributed by atoms with E-state index in [9.17, 15) is 14.9 Å². The fourth-order valence-electron chi connectivity index (χ4n) is 1.88. The number of carboxylic acid groups (broad SMARTS) is 1. The molecule has 1 rings (SSSR count). The van der Waals surface area contributed by atoms with Crippen molar-refractivity contribution in [1.82, 2.24) is 0 Å². The lowest BCUT2D eigenvalue weighted by molar-refractivity contribution is -0.384. The van der Waals surface area contributed by atoms with Crippen molar-refractivity contribution >= 4 is 17.3 Å². The summed E-state index contributed by atoms with van der Waals surface area (Å²) in [6.45, 7) is 2.24. The summed E-state index contributed by atoms with van der Waals surface area (Å²) in [7, 11) is 1.37. The summed E-state index contributed by atoms with van der Waals surface area (Å²) in [6.07, 6.45) is 0.707. The Morgan fingerprint density at radius 3 is 2.75 bits per heavy atom. The average Bonchev–Trinajstić information content (AvgIpc) is 2.42. The molecule has 0 aliphatic rings. The summed E-state index contributed by atoms with van der Waals surface area (Å²) in [5, 5.41) is 22.8. The first-order chi connectivity index (χ1) is 9.49. The molecule has 1 unspecified atom stereocenters. The van der Waals surface area contributed by atoms with E-state index in [-0.39, 0.29) is 23.8 Å². The summed E-state index contributed by atoms with van der Waals surface area (Å²) in [5.74, 6) is -0.789. The molecule has 0 heterocycles. The van der Waals surface area contributed by atoms with Crippen molar-refractivity contribution < 1.29 is 19.6 Å². The lowest BCUT2D eigenvalue weighted by Gasteiger charge is -2.15. The molecule has 1 atom stereocenters. The SMILES string of the molecule is CCC(CNc1cccc(OC)c1[N+](=O)[O-])CC(=O)O. The van der Waals surface area contributed by atoms with Gasteiger partial charge < -0.3 is 15.2 Å². The molecule has 2 N–H and O–H groups in total. The first-order valence-electron chi connectivity index (χ1n) is 6.26. The van der Waals surface area contributed by atoms with Gasteiger partial charge >= 0.3 is 11.7 Å². The molecule has 0 aromatic heterocycles. The second-order valence-corrected chi connectivity index (χ2v) is 4.37. The number of hydrogen-bond donors (Lipinski definition) is 2. The number of carboxylic acids is 1. The van der Waals surface area contributed by atoms with Gasteiger partial charge in [0, 0.05) is 13.0 Å². The van der Waals surface area contributed by atoms with Gasteiger partial charge in [0.2, 0.25) is 0 Å². The van der Waals surface area contributed by atoms with Gasteiger partial charge in [-0.05, 0) is 18.1 Å². The van der Waals surface area contributed by atoms with Crippen LogP contribution in [-0.4, -0.2) is 29.7 Å². The Morgan fingerprint density at radius 2 is 2.25 bits per heavy atom. The Labute approximate surface area is 116 Å². The van der Waals surface area contributed by atoms with Crippen LogP contribution in [0.1, 0.15) is 19.8 Å². The number of carbonyl (C=O) groups is 1. The number of nitro groups is 1. The highest BCUT2D eigenvalue weighted by atomic mass is 16.6. The summed E-state index contributed by atoms with van der Waals surface area (Å²) >= 11 is 0. The molecule has 1 aromatic rings. The number of nitrogens with zero attached hydrogens (tertiary/aromatic N) is 1. The molecule has 0 saturated heterocycles. The second kappa shape index (κ2) is 7.32. The van der Waals surface area contributed by atoms with E-state index in [0.29, 0.717) is 18.7 Å². The maximum atomic E-state index is 11.1. The van der Waals surface area contributed by atoms with E-state index in [2.05, 4.69) is 5.32 Å². The van der Waals surface area contributed by atoms with Gasteiger partial charge in [-0.3, -0.25) is 14.9 Å². The standard InChI is InChI=1S/C13H18N2O5/c1-3-9(7-12(16)17)8-14-10-5-4-6-11(20-2)13(10)15(18)19/h4-6,9,14H,3,7-8H2,1-2H3,(H,16,17). The molecule has 7 nitrogen and oxygen atoms in total. The van der Waals surface area contributed by atoms with Gasteiger partial charge in [-0.25, -0.2) is 0 Å². The predicted molar refractivity (Wildman–Crippen MR) is 74.2 cm³/mol. The minimum absolute atomic E-state index is 0.0290. The van der Waals surface area contributed by atoms with Gasteiger partial charge in [-0.15, -0.1) is 0 Å². The highest BCUT2D eigenvalue weighted by molar-refractivity contribution is 5.69. The van der Waals surface area contributed by atoms with Crippen molar-refractivity contribution in [2.24, 2.45) is 5.92 Å². The van der Waals surface area contributed by atoms with Gasteiger partial charge in [0.15, 0.2) is 5.75 Å². The highest BCUT2D eigenvalue weighted by Gasteiger charge is 2.21. The Morgan fingerprint density at radius 1 is 1.55 bits per heavy atom. The molecule has 0 aliphatic carbocycles. The first-order valence-corrected chi connectivity index (χ1v) is 6.26. The summed E-state index contributed by atoms with van der Waals surface area (Å²) in [4.78, 5) is 21.3. The van der Waals surface area contributed by atoms with Gasteiger partial charge in [0.05, 0.1) is 12.0 Å². The Bertz CT molecular complexity index is 490. The summed E-state index contributed by atoms with van der Waals surface area (Å²) < 4.78 is 4.97. The van der Waals surface area contributed by atoms with Crippen LogP contribution in [0.4, 0.5) is 11.4 Å². The monoisotopic (exact) mass is 282 g/mol. The first kappa shape index (κ1) is 15.7. The van der Waals surface area contributed by atoms with Crippen LogP contribution in [0, 0.1) is 16.0 Å². The molecule has 0 amide bonds. The predicted octanol–water partition coefficient (Wildman–Crippen LogP) is 2.52. The van der Waals surface area contributed by atoms with E-state index in [1.165, 1.54) is 13.2 Å². The molecule has 20 heavy (non-hydrogen) atoms. The van der Waals surface area contributed by atoms with Crippen LogP contribution in [0.3, 0.4) is 0 Å². The van der Waals surface area contributed by atoms with Crippen molar-refractivity contribution in [3.63, 3.8) is 0 Å². The quantitative estimate of drug-likeness (QED) is 0.561. The van der Waals surface area contributed by atoms with Gasteiger partial charge in [-0.2, -0.15) is 0 Å². The fraction of sp³-hybridized carbons (Fsp3) is 0.462. The number of aliphatic carboxylic acids is 1. The zero-order chi connectivity index (χ0) is 15.1. The molecule has 0 saturated carbocycles. The van der Waals surface area contributed by atoms with E-state index < -0.39 is 10.9 Å². The zero-order valence-corrected chi connectivity index (χ0v) is 11.5. The molecule has 7 heteroatoms. The number of methoxy groups -OCH3 is 1. The third-order valence-electron chi connectivity index (χ3n) is 3.02. The number of hydrogen-bond acceptors (Lipinski definition) is 5. The lowest BCUT2D eigenvalue weighted by Crippen LogP contribution is -2.17. The molecule has 110 valence electrons. The van der Waals surface area contributed by atoms with Crippen molar-refractivity contribution in [1.29, 1.82) is 0 Å². The second-order valence-electron chi connectivity index (χ2n) is 4.37. The van der Waals surface area contributed by atoms with Crippen LogP contribution in [0.25, 0.3) is 0 Å². The van der Waals surface area contributed by atoms with Crippen LogP contribution in [0.15, 0.2) is 18.2 Å². The Kier molecular flexibility index (Phi) is 5.76. The summed E-state index contributed by atoms with van der Waals surface area (Å²) in [5.41, 5.74) is 0.193. The van der Waals surface area contributed by atoms with Gasteiger partial charge in [-0.1, -0.05) is 19.4 Å². The number of rotatable bonds is 8. The van der Waals surface area contributed by atoms with Crippen molar-refractivity contribution in [3.05, 3.63) is 28.3 Å². The van der Waals surface area contributed by atoms with E-state index in [4.69, 9.17) is 9.84 Å². The zero-order valence-electron chi connectivity index (χ0n) is 11.5. The van der Waals surface area contributed by atoms with E-state index >= 15 is 0 Å². The normalized spacial score (nSPS) is 11.7. The number of para-hydroxylation sites is 1. The third-order valence-corrected chi connectivity index (χ3v) is 3.02. The number of ether oxygens (including phenoxy) is 1. The maximum Gasteiger partial charge on any atom is 0.333 e. The Balaban J connectivity index is 2.86. The molecule has 0 bridgehead atoms. The molecule has 1 aromatic carbocycles. The van der Waals surface area contributed by atoms with Crippen LogP contribution in [-0.2, 0) is 4.79 Å². The van der Waals surface area contributed by atoms with Crippen molar-refractivity contribution in [2.75, 3.05) is 19.0 Å². The van der Waals surface area contributed by atoms with Crippen LogP contribution < -0.4 is 10.1 Å².